The van der Waals surface area contributed by atoms with Crippen molar-refractivity contribution in [1.82, 2.24) is 4.57 Å². The molecule has 2 aromatic rings. The molecule has 104 valence electrons. The standard InChI is InChI=1S/C15H17N3O2/c1-2-19-9-8-18-12(11-16)10-14(17)15(18)20-13-6-4-3-5-7-13/h3-7,10H,2,8-9,17H2,1H3. The summed E-state index contributed by atoms with van der Waals surface area (Å²) in [6.07, 6.45) is 0. The fraction of sp³-hybridized carbons (Fsp3) is 0.267. The van der Waals surface area contributed by atoms with Crippen molar-refractivity contribution >= 4 is 5.69 Å². The summed E-state index contributed by atoms with van der Waals surface area (Å²) in [6.45, 7) is 3.59. The topological polar surface area (TPSA) is 73.2 Å². The lowest BCUT2D eigenvalue weighted by Crippen LogP contribution is -2.09. The Balaban J connectivity index is 2.26. The zero-order valence-corrected chi connectivity index (χ0v) is 11.4. The molecular weight excluding hydrogens is 254 g/mol. The van der Waals surface area contributed by atoms with E-state index < -0.39 is 0 Å². The van der Waals surface area contributed by atoms with E-state index in [1.165, 1.54) is 0 Å². The van der Waals surface area contributed by atoms with Gasteiger partial charge in [0.25, 0.3) is 0 Å². The van der Waals surface area contributed by atoms with Crippen LogP contribution in [0.3, 0.4) is 0 Å². The van der Waals surface area contributed by atoms with Crippen LogP contribution in [0.15, 0.2) is 36.4 Å². The van der Waals surface area contributed by atoms with Crippen LogP contribution in [0.2, 0.25) is 0 Å². The molecule has 0 amide bonds. The zero-order chi connectivity index (χ0) is 14.4. The van der Waals surface area contributed by atoms with E-state index in [-0.39, 0.29) is 0 Å². The van der Waals surface area contributed by atoms with Crippen LogP contribution in [0.1, 0.15) is 12.6 Å². The molecule has 0 saturated heterocycles. The number of anilines is 1. The first-order valence-electron chi connectivity index (χ1n) is 6.46. The van der Waals surface area contributed by atoms with Crippen molar-refractivity contribution in [2.45, 2.75) is 13.5 Å². The summed E-state index contributed by atoms with van der Waals surface area (Å²) < 4.78 is 12.8. The van der Waals surface area contributed by atoms with Gasteiger partial charge in [-0.25, -0.2) is 0 Å². The maximum absolute atomic E-state index is 9.16. The Morgan fingerprint density at radius 1 is 1.30 bits per heavy atom. The number of hydrogen-bond donors (Lipinski definition) is 1. The second-order valence-electron chi connectivity index (χ2n) is 4.17. The van der Waals surface area contributed by atoms with Gasteiger partial charge < -0.3 is 15.2 Å². The largest absolute Gasteiger partial charge is 0.439 e. The highest BCUT2D eigenvalue weighted by Crippen LogP contribution is 2.30. The first-order chi connectivity index (χ1) is 9.76. The van der Waals surface area contributed by atoms with Crippen LogP contribution in [-0.4, -0.2) is 17.8 Å². The Morgan fingerprint density at radius 2 is 2.05 bits per heavy atom. The molecule has 5 nitrogen and oxygen atoms in total. The number of nitrogens with zero attached hydrogens (tertiary/aromatic N) is 2. The second kappa shape index (κ2) is 6.64. The molecule has 1 aromatic heterocycles. The van der Waals surface area contributed by atoms with E-state index >= 15 is 0 Å². The minimum Gasteiger partial charge on any atom is -0.439 e. The maximum Gasteiger partial charge on any atom is 0.224 e. The summed E-state index contributed by atoms with van der Waals surface area (Å²) in [5.74, 6) is 1.16. The average molecular weight is 271 g/mol. The lowest BCUT2D eigenvalue weighted by Gasteiger charge is -2.12. The van der Waals surface area contributed by atoms with Crippen molar-refractivity contribution in [2.24, 2.45) is 0 Å². The molecule has 0 aliphatic rings. The molecule has 1 aromatic carbocycles. The number of hydrogen-bond acceptors (Lipinski definition) is 4. The highest BCUT2D eigenvalue weighted by molar-refractivity contribution is 5.56. The molecule has 0 bridgehead atoms. The molecule has 0 spiro atoms. The van der Waals surface area contributed by atoms with Gasteiger partial charge in [0.2, 0.25) is 5.88 Å². The van der Waals surface area contributed by atoms with Gasteiger partial charge in [-0.1, -0.05) is 18.2 Å². The van der Waals surface area contributed by atoms with Crippen LogP contribution in [0.4, 0.5) is 5.69 Å². The molecule has 0 saturated carbocycles. The Morgan fingerprint density at radius 3 is 2.70 bits per heavy atom. The van der Waals surface area contributed by atoms with E-state index in [1.807, 2.05) is 37.3 Å². The highest BCUT2D eigenvalue weighted by atomic mass is 16.5. The predicted octanol–water partition coefficient (Wildman–Crippen LogP) is 2.77. The van der Waals surface area contributed by atoms with Gasteiger partial charge in [-0.3, -0.25) is 4.57 Å². The fourth-order valence-corrected chi connectivity index (χ4v) is 1.88. The Bertz CT molecular complexity index is 600. The predicted molar refractivity (Wildman–Crippen MR) is 76.6 cm³/mol. The van der Waals surface area contributed by atoms with Gasteiger partial charge in [0.1, 0.15) is 17.5 Å². The Hall–Kier alpha value is -2.45. The molecule has 5 heteroatoms. The molecular formula is C15H17N3O2. The summed E-state index contributed by atoms with van der Waals surface area (Å²) >= 11 is 0. The number of benzene rings is 1. The van der Waals surface area contributed by atoms with Gasteiger partial charge >= 0.3 is 0 Å². The summed E-state index contributed by atoms with van der Waals surface area (Å²) in [7, 11) is 0. The Labute approximate surface area is 118 Å². The van der Waals surface area contributed by atoms with Gasteiger partial charge in [-0.05, 0) is 19.1 Å². The molecule has 0 atom stereocenters. The van der Waals surface area contributed by atoms with Crippen LogP contribution in [0.5, 0.6) is 11.6 Å². The molecule has 0 fully saturated rings. The Kier molecular flexibility index (Phi) is 4.64. The first-order valence-corrected chi connectivity index (χ1v) is 6.46. The summed E-state index contributed by atoms with van der Waals surface area (Å²) in [5, 5.41) is 9.16. The molecule has 0 radical (unpaired) electrons. The lowest BCUT2D eigenvalue weighted by molar-refractivity contribution is 0.137. The number of rotatable bonds is 6. The first kappa shape index (κ1) is 14.0. The van der Waals surface area contributed by atoms with Gasteiger partial charge in [0, 0.05) is 12.7 Å². The molecule has 2 N–H and O–H groups in total. The maximum atomic E-state index is 9.16. The average Bonchev–Trinajstić information content (AvgIpc) is 2.77. The van der Waals surface area contributed by atoms with Crippen LogP contribution >= 0.6 is 0 Å². The normalized spacial score (nSPS) is 10.2. The van der Waals surface area contributed by atoms with Crippen LogP contribution < -0.4 is 10.5 Å². The highest BCUT2D eigenvalue weighted by Gasteiger charge is 2.15. The summed E-state index contributed by atoms with van der Waals surface area (Å²) in [5.41, 5.74) is 6.84. The summed E-state index contributed by atoms with van der Waals surface area (Å²) in [4.78, 5) is 0. The molecule has 1 heterocycles. The van der Waals surface area contributed by atoms with E-state index in [1.54, 1.807) is 10.6 Å². The van der Waals surface area contributed by atoms with Crippen molar-refractivity contribution < 1.29 is 9.47 Å². The fourth-order valence-electron chi connectivity index (χ4n) is 1.88. The minimum atomic E-state index is 0.446. The molecule has 20 heavy (non-hydrogen) atoms. The van der Waals surface area contributed by atoms with Crippen LogP contribution in [0, 0.1) is 11.3 Å². The van der Waals surface area contributed by atoms with Gasteiger partial charge in [0.05, 0.1) is 18.8 Å². The lowest BCUT2D eigenvalue weighted by atomic mass is 10.3. The van der Waals surface area contributed by atoms with E-state index in [2.05, 4.69) is 6.07 Å². The third-order valence-corrected chi connectivity index (χ3v) is 2.81. The monoisotopic (exact) mass is 271 g/mol. The van der Waals surface area contributed by atoms with Gasteiger partial charge in [-0.2, -0.15) is 5.26 Å². The van der Waals surface area contributed by atoms with Crippen molar-refractivity contribution in [3.8, 4) is 17.7 Å². The third kappa shape index (κ3) is 3.11. The van der Waals surface area contributed by atoms with Gasteiger partial charge in [0.15, 0.2) is 0 Å². The quantitative estimate of drug-likeness (QED) is 0.820. The molecule has 0 aliphatic heterocycles. The van der Waals surface area contributed by atoms with Crippen LogP contribution in [0.25, 0.3) is 0 Å². The van der Waals surface area contributed by atoms with Crippen molar-refractivity contribution in [2.75, 3.05) is 18.9 Å². The summed E-state index contributed by atoms with van der Waals surface area (Å²) in [6, 6.07) is 13.1. The smallest absolute Gasteiger partial charge is 0.224 e. The number of nitrogens with two attached hydrogens (primary N) is 1. The zero-order valence-electron chi connectivity index (χ0n) is 11.4. The van der Waals surface area contributed by atoms with Gasteiger partial charge in [-0.15, -0.1) is 0 Å². The number of para-hydroxylation sites is 1. The molecule has 0 unspecified atom stereocenters. The number of ether oxygens (including phenoxy) is 2. The third-order valence-electron chi connectivity index (χ3n) is 2.81. The van der Waals surface area contributed by atoms with Crippen molar-refractivity contribution in [3.63, 3.8) is 0 Å². The number of aromatic nitrogens is 1. The number of nitriles is 1. The van der Waals surface area contributed by atoms with Crippen molar-refractivity contribution in [1.29, 1.82) is 5.26 Å². The van der Waals surface area contributed by atoms with E-state index in [0.29, 0.717) is 42.8 Å². The molecule has 2 rings (SSSR count). The van der Waals surface area contributed by atoms with Crippen LogP contribution in [-0.2, 0) is 11.3 Å². The second-order valence-corrected chi connectivity index (χ2v) is 4.17. The number of nitrogen functional groups attached to an aromatic ring is 1. The molecule has 0 aliphatic carbocycles. The van der Waals surface area contributed by atoms with E-state index in [9.17, 15) is 0 Å². The minimum absolute atomic E-state index is 0.446. The SMILES string of the molecule is CCOCCn1c(C#N)cc(N)c1Oc1ccccc1. The van der Waals surface area contributed by atoms with E-state index in [0.717, 1.165) is 0 Å². The van der Waals surface area contributed by atoms with E-state index in [4.69, 9.17) is 20.5 Å². The van der Waals surface area contributed by atoms with Crippen molar-refractivity contribution in [3.05, 3.63) is 42.1 Å².